The Labute approximate surface area is 152 Å². The minimum Gasteiger partial charge on any atom is -0.476 e. The zero-order valence-corrected chi connectivity index (χ0v) is 15.4. The van der Waals surface area contributed by atoms with Crippen molar-refractivity contribution in [2.24, 2.45) is 5.41 Å². The standard InChI is InChI=1S/C16H17N3O4S2/c1-16(3-4-16)11(20)5-13(21)19(2)6-12-17-9(7-24-12)14-18-10(8-25-14)15(22)23/h7-8H,3-6H2,1-2H3,(H,22,23). The fraction of sp³-hybridized carbons (Fsp3) is 0.438. The molecule has 1 aliphatic carbocycles. The van der Waals surface area contributed by atoms with Crippen LogP contribution in [0.25, 0.3) is 10.7 Å². The zero-order chi connectivity index (χ0) is 18.2. The maximum absolute atomic E-state index is 12.2. The van der Waals surface area contributed by atoms with Gasteiger partial charge in [-0.25, -0.2) is 14.8 Å². The topological polar surface area (TPSA) is 100 Å². The number of nitrogens with zero attached hydrogens (tertiary/aromatic N) is 3. The summed E-state index contributed by atoms with van der Waals surface area (Å²) >= 11 is 2.59. The highest BCUT2D eigenvalue weighted by atomic mass is 32.1. The van der Waals surface area contributed by atoms with Crippen LogP contribution in [0.4, 0.5) is 0 Å². The molecule has 1 saturated carbocycles. The molecule has 1 amide bonds. The Hall–Kier alpha value is -2.13. The molecule has 1 fully saturated rings. The second kappa shape index (κ2) is 6.64. The molecule has 1 aliphatic rings. The maximum Gasteiger partial charge on any atom is 0.355 e. The smallest absolute Gasteiger partial charge is 0.355 e. The normalized spacial score (nSPS) is 15.0. The highest BCUT2D eigenvalue weighted by Gasteiger charge is 2.45. The van der Waals surface area contributed by atoms with Crippen LogP contribution in [-0.2, 0) is 16.1 Å². The molecule has 2 aromatic rings. The molecular formula is C16H17N3O4S2. The van der Waals surface area contributed by atoms with E-state index >= 15 is 0 Å². The molecule has 0 spiro atoms. The summed E-state index contributed by atoms with van der Waals surface area (Å²) in [5.41, 5.74) is 0.297. The lowest BCUT2D eigenvalue weighted by Crippen LogP contribution is -2.30. The van der Waals surface area contributed by atoms with Gasteiger partial charge in [0.1, 0.15) is 21.5 Å². The van der Waals surface area contributed by atoms with Gasteiger partial charge in [-0.15, -0.1) is 22.7 Å². The van der Waals surface area contributed by atoms with Crippen LogP contribution >= 0.6 is 22.7 Å². The molecule has 9 heteroatoms. The first kappa shape index (κ1) is 17.7. The van der Waals surface area contributed by atoms with E-state index in [4.69, 9.17) is 5.11 Å². The first-order chi connectivity index (χ1) is 11.8. The third-order valence-corrected chi connectivity index (χ3v) is 5.98. The number of carbonyl (C=O) groups excluding carboxylic acids is 2. The summed E-state index contributed by atoms with van der Waals surface area (Å²) in [6.07, 6.45) is 1.66. The number of rotatable bonds is 7. The molecule has 0 radical (unpaired) electrons. The molecule has 3 rings (SSSR count). The third kappa shape index (κ3) is 3.93. The lowest BCUT2D eigenvalue weighted by Gasteiger charge is -2.16. The average molecular weight is 379 g/mol. The predicted molar refractivity (Wildman–Crippen MR) is 93.6 cm³/mol. The number of carbonyl (C=O) groups is 3. The Morgan fingerprint density at radius 2 is 1.96 bits per heavy atom. The lowest BCUT2D eigenvalue weighted by molar-refractivity contribution is -0.136. The van der Waals surface area contributed by atoms with Gasteiger partial charge in [-0.2, -0.15) is 0 Å². The quantitative estimate of drug-likeness (QED) is 0.742. The van der Waals surface area contributed by atoms with Gasteiger partial charge in [-0.05, 0) is 12.8 Å². The molecule has 0 aliphatic heterocycles. The largest absolute Gasteiger partial charge is 0.476 e. The molecule has 0 aromatic carbocycles. The zero-order valence-electron chi connectivity index (χ0n) is 13.8. The van der Waals surface area contributed by atoms with Crippen LogP contribution < -0.4 is 0 Å². The molecule has 132 valence electrons. The molecule has 7 nitrogen and oxygen atoms in total. The van der Waals surface area contributed by atoms with E-state index in [1.165, 1.54) is 33.0 Å². The summed E-state index contributed by atoms with van der Waals surface area (Å²) in [6.45, 7) is 2.21. The highest BCUT2D eigenvalue weighted by Crippen LogP contribution is 2.46. The van der Waals surface area contributed by atoms with Crippen LogP contribution in [0.15, 0.2) is 10.8 Å². The van der Waals surface area contributed by atoms with Crippen molar-refractivity contribution in [1.29, 1.82) is 0 Å². The van der Waals surface area contributed by atoms with Crippen molar-refractivity contribution in [2.45, 2.75) is 32.7 Å². The van der Waals surface area contributed by atoms with Crippen LogP contribution in [0.2, 0.25) is 0 Å². The van der Waals surface area contributed by atoms with Crippen molar-refractivity contribution in [2.75, 3.05) is 7.05 Å². The minimum atomic E-state index is -1.07. The van der Waals surface area contributed by atoms with E-state index < -0.39 is 5.97 Å². The summed E-state index contributed by atoms with van der Waals surface area (Å²) < 4.78 is 0. The van der Waals surface area contributed by atoms with E-state index in [0.29, 0.717) is 22.3 Å². The number of ketones is 1. The molecule has 0 unspecified atom stereocenters. The number of Topliss-reactive ketones (excluding diaryl/α,β-unsaturated/α-hetero) is 1. The number of thiazole rings is 2. The van der Waals surface area contributed by atoms with Gasteiger partial charge >= 0.3 is 5.97 Å². The van der Waals surface area contributed by atoms with E-state index in [-0.39, 0.29) is 29.2 Å². The summed E-state index contributed by atoms with van der Waals surface area (Å²) in [6, 6.07) is 0. The Bertz CT molecular complexity index is 838. The second-order valence-corrected chi connectivity index (χ2v) is 8.18. The number of amides is 1. The molecule has 2 aromatic heterocycles. The first-order valence-corrected chi connectivity index (χ1v) is 9.45. The summed E-state index contributed by atoms with van der Waals surface area (Å²) in [5.74, 6) is -1.28. The number of aromatic carboxylic acids is 1. The Morgan fingerprint density at radius 1 is 1.24 bits per heavy atom. The second-order valence-electron chi connectivity index (χ2n) is 6.38. The SMILES string of the molecule is CN(Cc1nc(-c2nc(C(=O)O)cs2)cs1)C(=O)CC(=O)C1(C)CC1. The van der Waals surface area contributed by atoms with Crippen LogP contribution in [0.3, 0.4) is 0 Å². The number of hydrogen-bond acceptors (Lipinski definition) is 7. The highest BCUT2D eigenvalue weighted by molar-refractivity contribution is 7.14. The fourth-order valence-electron chi connectivity index (χ4n) is 2.21. The van der Waals surface area contributed by atoms with Crippen molar-refractivity contribution < 1.29 is 19.5 Å². The van der Waals surface area contributed by atoms with E-state index in [9.17, 15) is 14.4 Å². The summed E-state index contributed by atoms with van der Waals surface area (Å²) in [4.78, 5) is 45.0. The van der Waals surface area contributed by atoms with Crippen LogP contribution in [-0.4, -0.2) is 44.7 Å². The van der Waals surface area contributed by atoms with Gasteiger partial charge in [0.05, 0.1) is 13.0 Å². The Balaban J connectivity index is 1.61. The molecular weight excluding hydrogens is 362 g/mol. The molecule has 2 heterocycles. The number of carboxylic acids is 1. The number of hydrogen-bond donors (Lipinski definition) is 1. The van der Waals surface area contributed by atoms with Crippen molar-refractivity contribution in [3.05, 3.63) is 21.5 Å². The van der Waals surface area contributed by atoms with Gasteiger partial charge in [0.15, 0.2) is 5.69 Å². The van der Waals surface area contributed by atoms with Crippen LogP contribution in [0.1, 0.15) is 41.7 Å². The fourth-order valence-corrected chi connectivity index (χ4v) is 3.87. The van der Waals surface area contributed by atoms with Crippen molar-refractivity contribution in [3.63, 3.8) is 0 Å². The monoisotopic (exact) mass is 379 g/mol. The Kier molecular flexibility index (Phi) is 4.70. The average Bonchev–Trinajstić information content (AvgIpc) is 2.99. The van der Waals surface area contributed by atoms with Gasteiger partial charge in [-0.3, -0.25) is 9.59 Å². The Morgan fingerprint density at radius 3 is 2.56 bits per heavy atom. The first-order valence-electron chi connectivity index (χ1n) is 7.69. The van der Waals surface area contributed by atoms with Crippen molar-refractivity contribution in [3.8, 4) is 10.7 Å². The van der Waals surface area contributed by atoms with E-state index in [0.717, 1.165) is 12.8 Å². The van der Waals surface area contributed by atoms with Gasteiger partial charge < -0.3 is 10.0 Å². The summed E-state index contributed by atoms with van der Waals surface area (Å²) in [7, 11) is 1.65. The molecule has 25 heavy (non-hydrogen) atoms. The molecule has 1 N–H and O–H groups in total. The molecule has 0 saturated heterocycles. The minimum absolute atomic E-state index is 0.00562. The third-order valence-electron chi connectivity index (χ3n) is 4.28. The van der Waals surface area contributed by atoms with E-state index in [1.54, 1.807) is 12.4 Å². The predicted octanol–water partition coefficient (Wildman–Crippen LogP) is 2.68. The molecule has 0 atom stereocenters. The van der Waals surface area contributed by atoms with Gasteiger partial charge in [0, 0.05) is 23.2 Å². The van der Waals surface area contributed by atoms with Crippen molar-refractivity contribution in [1.82, 2.24) is 14.9 Å². The van der Waals surface area contributed by atoms with E-state index in [1.807, 2.05) is 6.92 Å². The van der Waals surface area contributed by atoms with Crippen LogP contribution in [0.5, 0.6) is 0 Å². The number of carboxylic acid groups (broad SMARTS) is 1. The van der Waals surface area contributed by atoms with Gasteiger partial charge in [-0.1, -0.05) is 6.92 Å². The lowest BCUT2D eigenvalue weighted by atomic mass is 10.0. The van der Waals surface area contributed by atoms with Crippen LogP contribution in [0, 0.1) is 5.41 Å². The van der Waals surface area contributed by atoms with Crippen molar-refractivity contribution >= 4 is 40.3 Å². The maximum atomic E-state index is 12.2. The van der Waals surface area contributed by atoms with Gasteiger partial charge in [0.2, 0.25) is 5.91 Å². The van der Waals surface area contributed by atoms with E-state index in [2.05, 4.69) is 9.97 Å². The van der Waals surface area contributed by atoms with Gasteiger partial charge in [0.25, 0.3) is 0 Å². The molecule has 0 bridgehead atoms. The summed E-state index contributed by atoms with van der Waals surface area (Å²) in [5, 5.41) is 13.4. The number of aromatic nitrogens is 2.